The van der Waals surface area contributed by atoms with Crippen LogP contribution in [0.5, 0.6) is 0 Å². The second kappa shape index (κ2) is 4.73. The smallest absolute Gasteiger partial charge is 0.0312 e. The summed E-state index contributed by atoms with van der Waals surface area (Å²) in [4.78, 5) is 6.61. The van der Waals surface area contributed by atoms with E-state index in [1.165, 1.54) is 12.0 Å². The lowest BCUT2D eigenvalue weighted by atomic mass is 10.0. The number of pyridine rings is 1. The van der Waals surface area contributed by atoms with Gasteiger partial charge in [0.2, 0.25) is 0 Å². The standard InChI is InChI=1S/C12H19N3/c1-10-4-6-15(12(10)7-13)9-11-3-2-5-14-8-11/h2-3,5,8,10,12H,4,6-7,9,13H2,1H3. The molecule has 2 unspecified atom stereocenters. The summed E-state index contributed by atoms with van der Waals surface area (Å²) in [5, 5.41) is 0. The summed E-state index contributed by atoms with van der Waals surface area (Å²) in [6, 6.07) is 4.67. The highest BCUT2D eigenvalue weighted by molar-refractivity contribution is 5.09. The number of nitrogens with zero attached hydrogens (tertiary/aromatic N) is 2. The van der Waals surface area contributed by atoms with Crippen LogP contribution in [0.2, 0.25) is 0 Å². The minimum Gasteiger partial charge on any atom is -0.329 e. The van der Waals surface area contributed by atoms with E-state index >= 15 is 0 Å². The van der Waals surface area contributed by atoms with E-state index in [-0.39, 0.29) is 0 Å². The molecule has 1 aliphatic rings. The summed E-state index contributed by atoms with van der Waals surface area (Å²) in [6.45, 7) is 5.21. The van der Waals surface area contributed by atoms with Gasteiger partial charge in [0, 0.05) is 31.5 Å². The van der Waals surface area contributed by atoms with Crippen LogP contribution in [0, 0.1) is 5.92 Å². The molecular formula is C12H19N3. The Morgan fingerprint density at radius 2 is 2.47 bits per heavy atom. The molecule has 3 heteroatoms. The fraction of sp³-hybridized carbons (Fsp3) is 0.583. The summed E-state index contributed by atoms with van der Waals surface area (Å²) in [6.07, 6.45) is 5.02. The van der Waals surface area contributed by atoms with Crippen molar-refractivity contribution in [2.45, 2.75) is 25.9 Å². The quantitative estimate of drug-likeness (QED) is 0.807. The first kappa shape index (κ1) is 10.6. The molecule has 0 spiro atoms. The lowest BCUT2D eigenvalue weighted by molar-refractivity contribution is 0.228. The normalized spacial score (nSPS) is 27.1. The monoisotopic (exact) mass is 205 g/mol. The van der Waals surface area contributed by atoms with Crippen LogP contribution < -0.4 is 5.73 Å². The Morgan fingerprint density at radius 3 is 3.13 bits per heavy atom. The maximum Gasteiger partial charge on any atom is 0.0312 e. The molecular weight excluding hydrogens is 186 g/mol. The average Bonchev–Trinajstić information content (AvgIpc) is 2.61. The van der Waals surface area contributed by atoms with Crippen LogP contribution in [0.25, 0.3) is 0 Å². The van der Waals surface area contributed by atoms with Crippen LogP contribution in [-0.4, -0.2) is 29.0 Å². The molecule has 2 rings (SSSR count). The van der Waals surface area contributed by atoms with Gasteiger partial charge in [0.05, 0.1) is 0 Å². The topological polar surface area (TPSA) is 42.2 Å². The average molecular weight is 205 g/mol. The van der Waals surface area contributed by atoms with Crippen molar-refractivity contribution in [1.82, 2.24) is 9.88 Å². The molecule has 1 saturated heterocycles. The first-order valence-electron chi connectivity index (χ1n) is 5.64. The van der Waals surface area contributed by atoms with Gasteiger partial charge in [-0.3, -0.25) is 9.88 Å². The first-order chi connectivity index (χ1) is 7.31. The molecule has 1 aromatic heterocycles. The largest absolute Gasteiger partial charge is 0.329 e. The van der Waals surface area contributed by atoms with Crippen molar-refractivity contribution in [2.24, 2.45) is 11.7 Å². The van der Waals surface area contributed by atoms with Gasteiger partial charge in [-0.05, 0) is 30.5 Å². The zero-order chi connectivity index (χ0) is 10.7. The van der Waals surface area contributed by atoms with E-state index in [0.29, 0.717) is 6.04 Å². The molecule has 3 nitrogen and oxygen atoms in total. The fourth-order valence-corrected chi connectivity index (χ4v) is 2.39. The van der Waals surface area contributed by atoms with E-state index in [1.807, 2.05) is 18.5 Å². The molecule has 1 aliphatic heterocycles. The third-order valence-electron chi connectivity index (χ3n) is 3.35. The number of rotatable bonds is 3. The van der Waals surface area contributed by atoms with Gasteiger partial charge in [0.15, 0.2) is 0 Å². The molecule has 0 bridgehead atoms. The minimum absolute atomic E-state index is 0.546. The van der Waals surface area contributed by atoms with Crippen LogP contribution >= 0.6 is 0 Å². The molecule has 0 saturated carbocycles. The lowest BCUT2D eigenvalue weighted by Crippen LogP contribution is -2.37. The molecule has 1 fully saturated rings. The van der Waals surface area contributed by atoms with Crippen molar-refractivity contribution >= 4 is 0 Å². The molecule has 2 N–H and O–H groups in total. The van der Waals surface area contributed by atoms with Crippen LogP contribution in [-0.2, 0) is 6.54 Å². The van der Waals surface area contributed by atoms with E-state index in [1.54, 1.807) is 0 Å². The highest BCUT2D eigenvalue weighted by Crippen LogP contribution is 2.24. The van der Waals surface area contributed by atoms with Crippen molar-refractivity contribution in [3.05, 3.63) is 30.1 Å². The zero-order valence-electron chi connectivity index (χ0n) is 9.26. The lowest BCUT2D eigenvalue weighted by Gasteiger charge is -2.25. The van der Waals surface area contributed by atoms with Crippen LogP contribution in [0.3, 0.4) is 0 Å². The maximum atomic E-state index is 5.81. The predicted octanol–water partition coefficient (Wildman–Crippen LogP) is 1.25. The zero-order valence-corrected chi connectivity index (χ0v) is 9.26. The van der Waals surface area contributed by atoms with Gasteiger partial charge >= 0.3 is 0 Å². The summed E-state index contributed by atoms with van der Waals surface area (Å²) in [7, 11) is 0. The van der Waals surface area contributed by atoms with Crippen molar-refractivity contribution in [2.75, 3.05) is 13.1 Å². The summed E-state index contributed by atoms with van der Waals surface area (Å²) < 4.78 is 0. The van der Waals surface area contributed by atoms with Gasteiger partial charge in [-0.1, -0.05) is 13.0 Å². The number of nitrogens with two attached hydrogens (primary N) is 1. The molecule has 0 amide bonds. The van der Waals surface area contributed by atoms with Crippen LogP contribution in [0.4, 0.5) is 0 Å². The first-order valence-corrected chi connectivity index (χ1v) is 5.64. The Labute approximate surface area is 91.3 Å². The molecule has 0 radical (unpaired) electrons. The summed E-state index contributed by atoms with van der Waals surface area (Å²) >= 11 is 0. The van der Waals surface area contributed by atoms with E-state index in [4.69, 9.17) is 5.73 Å². The molecule has 15 heavy (non-hydrogen) atoms. The van der Waals surface area contributed by atoms with Crippen molar-refractivity contribution in [3.63, 3.8) is 0 Å². The number of likely N-dealkylation sites (tertiary alicyclic amines) is 1. The van der Waals surface area contributed by atoms with Gasteiger partial charge in [-0.2, -0.15) is 0 Å². The number of hydrogen-bond acceptors (Lipinski definition) is 3. The van der Waals surface area contributed by atoms with Crippen molar-refractivity contribution < 1.29 is 0 Å². The molecule has 2 heterocycles. The summed E-state index contributed by atoms with van der Waals surface area (Å²) in [5.74, 6) is 0.728. The number of hydrogen-bond donors (Lipinski definition) is 1. The molecule has 0 aliphatic carbocycles. The van der Waals surface area contributed by atoms with Crippen LogP contribution in [0.1, 0.15) is 18.9 Å². The van der Waals surface area contributed by atoms with Gasteiger partial charge in [-0.15, -0.1) is 0 Å². The Balaban J connectivity index is 2.00. The Kier molecular flexibility index (Phi) is 3.34. The van der Waals surface area contributed by atoms with E-state index in [0.717, 1.165) is 25.6 Å². The molecule has 0 aromatic carbocycles. The highest BCUT2D eigenvalue weighted by Gasteiger charge is 2.29. The van der Waals surface area contributed by atoms with Crippen molar-refractivity contribution in [3.8, 4) is 0 Å². The van der Waals surface area contributed by atoms with Gasteiger partial charge in [0.1, 0.15) is 0 Å². The minimum atomic E-state index is 0.546. The Bertz CT molecular complexity index is 299. The molecule has 2 atom stereocenters. The predicted molar refractivity (Wildman–Crippen MR) is 61.3 cm³/mol. The van der Waals surface area contributed by atoms with Gasteiger partial charge < -0.3 is 5.73 Å². The van der Waals surface area contributed by atoms with Gasteiger partial charge in [-0.25, -0.2) is 0 Å². The maximum absolute atomic E-state index is 5.81. The SMILES string of the molecule is CC1CCN(Cc2cccnc2)C1CN. The van der Waals surface area contributed by atoms with E-state index < -0.39 is 0 Å². The third-order valence-corrected chi connectivity index (χ3v) is 3.35. The highest BCUT2D eigenvalue weighted by atomic mass is 15.2. The van der Waals surface area contributed by atoms with E-state index in [9.17, 15) is 0 Å². The number of aromatic nitrogens is 1. The second-order valence-corrected chi connectivity index (χ2v) is 4.40. The molecule has 82 valence electrons. The fourth-order valence-electron chi connectivity index (χ4n) is 2.39. The van der Waals surface area contributed by atoms with Crippen molar-refractivity contribution in [1.29, 1.82) is 0 Å². The Hall–Kier alpha value is -0.930. The third kappa shape index (κ3) is 2.36. The second-order valence-electron chi connectivity index (χ2n) is 4.40. The molecule has 1 aromatic rings. The van der Waals surface area contributed by atoms with Crippen LogP contribution in [0.15, 0.2) is 24.5 Å². The summed E-state index contributed by atoms with van der Waals surface area (Å²) in [5.41, 5.74) is 7.09. The van der Waals surface area contributed by atoms with Gasteiger partial charge in [0.25, 0.3) is 0 Å². The Morgan fingerprint density at radius 1 is 1.60 bits per heavy atom. The van der Waals surface area contributed by atoms with E-state index in [2.05, 4.69) is 22.9 Å².